The van der Waals surface area contributed by atoms with E-state index in [1.54, 1.807) is 36.7 Å². The van der Waals surface area contributed by atoms with Gasteiger partial charge in [-0.05, 0) is 12.1 Å². The molecule has 2 aromatic rings. The van der Waals surface area contributed by atoms with Crippen molar-refractivity contribution in [3.8, 4) is 5.75 Å². The molecule has 5 heteroatoms. The zero-order valence-corrected chi connectivity index (χ0v) is 7.63. The molecule has 4 nitrogen and oxygen atoms in total. The minimum absolute atomic E-state index is 0. The Morgan fingerprint density at radius 3 is 2.08 bits per heavy atom. The van der Waals surface area contributed by atoms with Gasteiger partial charge in [0.2, 0.25) is 0 Å². The summed E-state index contributed by atoms with van der Waals surface area (Å²) in [6.07, 6.45) is 3.24. The number of phenols is 1. The van der Waals surface area contributed by atoms with Crippen LogP contribution in [0.2, 0.25) is 0 Å². The number of phenolic OH excluding ortho intramolecular Hbond substituents is 1. The number of benzene rings is 1. The van der Waals surface area contributed by atoms with Gasteiger partial charge in [0.15, 0.2) is 0 Å². The molecule has 0 unspecified atom stereocenters. The fourth-order valence-electron chi connectivity index (χ4n) is 0.595. The van der Waals surface area contributed by atoms with Crippen LogP contribution in [0.25, 0.3) is 0 Å². The molecule has 1 radical (unpaired) electrons. The molecule has 0 bridgehead atoms. The summed E-state index contributed by atoms with van der Waals surface area (Å²) in [5.41, 5.74) is 0. The SMILES string of the molecule is Oc1ccccc1.[Cu].c1c[nH]nn1. The van der Waals surface area contributed by atoms with Gasteiger partial charge in [-0.25, -0.2) is 0 Å². The van der Waals surface area contributed by atoms with Crippen LogP contribution in [0.3, 0.4) is 0 Å². The van der Waals surface area contributed by atoms with Gasteiger partial charge < -0.3 is 5.11 Å². The Morgan fingerprint density at radius 2 is 1.85 bits per heavy atom. The van der Waals surface area contributed by atoms with E-state index in [4.69, 9.17) is 5.11 Å². The number of hydrogen-bond acceptors (Lipinski definition) is 3. The topological polar surface area (TPSA) is 61.8 Å². The van der Waals surface area contributed by atoms with Crippen LogP contribution in [-0.4, -0.2) is 20.5 Å². The van der Waals surface area contributed by atoms with E-state index in [9.17, 15) is 0 Å². The van der Waals surface area contributed by atoms with Crippen LogP contribution in [0.1, 0.15) is 0 Å². The summed E-state index contributed by atoms with van der Waals surface area (Å²) in [4.78, 5) is 0. The van der Waals surface area contributed by atoms with Crippen molar-refractivity contribution in [2.45, 2.75) is 0 Å². The molecule has 73 valence electrons. The van der Waals surface area contributed by atoms with Crippen molar-refractivity contribution >= 4 is 0 Å². The van der Waals surface area contributed by atoms with Gasteiger partial charge in [-0.1, -0.05) is 23.4 Å². The van der Waals surface area contributed by atoms with Gasteiger partial charge in [0.1, 0.15) is 5.75 Å². The molecule has 2 N–H and O–H groups in total. The normalized spacial score (nSPS) is 7.69. The molecule has 0 saturated carbocycles. The van der Waals surface area contributed by atoms with Crippen molar-refractivity contribution in [1.29, 1.82) is 0 Å². The number of nitrogens with one attached hydrogen (secondary N) is 1. The summed E-state index contributed by atoms with van der Waals surface area (Å²) < 4.78 is 0. The molecule has 0 atom stereocenters. The van der Waals surface area contributed by atoms with Crippen LogP contribution in [0, 0.1) is 0 Å². The third-order valence-corrected chi connectivity index (χ3v) is 1.09. The molecule has 0 aliphatic carbocycles. The van der Waals surface area contributed by atoms with Gasteiger partial charge in [0, 0.05) is 23.3 Å². The Labute approximate surface area is 86.5 Å². The summed E-state index contributed by atoms with van der Waals surface area (Å²) >= 11 is 0. The van der Waals surface area contributed by atoms with Gasteiger partial charge >= 0.3 is 0 Å². The number of aromatic nitrogens is 3. The summed E-state index contributed by atoms with van der Waals surface area (Å²) in [7, 11) is 0. The van der Waals surface area contributed by atoms with E-state index in [0.717, 1.165) is 0 Å². The van der Waals surface area contributed by atoms with E-state index in [-0.39, 0.29) is 17.1 Å². The first-order chi connectivity index (χ1) is 5.89. The molecular weight excluding hydrogens is 218 g/mol. The third-order valence-electron chi connectivity index (χ3n) is 1.09. The molecule has 0 saturated heterocycles. The van der Waals surface area contributed by atoms with Crippen molar-refractivity contribution < 1.29 is 22.2 Å². The molecule has 0 spiro atoms. The monoisotopic (exact) mass is 226 g/mol. The number of para-hydroxylation sites is 1. The first kappa shape index (κ1) is 11.7. The predicted octanol–water partition coefficient (Wildman–Crippen LogP) is 1.19. The quantitative estimate of drug-likeness (QED) is 0.664. The predicted molar refractivity (Wildman–Crippen MR) is 44.5 cm³/mol. The molecule has 0 aliphatic heterocycles. The molecule has 1 aromatic heterocycles. The van der Waals surface area contributed by atoms with Crippen molar-refractivity contribution in [3.63, 3.8) is 0 Å². The Hall–Kier alpha value is -1.32. The molecular formula is C8H9CuN3O. The molecule has 1 heterocycles. The molecule has 13 heavy (non-hydrogen) atoms. The maximum Gasteiger partial charge on any atom is 0.115 e. The average molecular weight is 227 g/mol. The Bertz CT molecular complexity index is 268. The van der Waals surface area contributed by atoms with Gasteiger partial charge in [-0.2, -0.15) is 0 Å². The Balaban J connectivity index is 0.000000215. The van der Waals surface area contributed by atoms with Crippen LogP contribution in [0.5, 0.6) is 5.75 Å². The summed E-state index contributed by atoms with van der Waals surface area (Å²) in [5, 5.41) is 17.9. The second-order valence-corrected chi connectivity index (χ2v) is 2.00. The van der Waals surface area contributed by atoms with E-state index in [1.807, 2.05) is 6.07 Å². The number of aromatic hydroxyl groups is 1. The Kier molecular flexibility index (Phi) is 6.59. The van der Waals surface area contributed by atoms with Gasteiger partial charge in [0.05, 0.1) is 6.20 Å². The number of hydrogen-bond donors (Lipinski definition) is 2. The van der Waals surface area contributed by atoms with Crippen molar-refractivity contribution in [2.24, 2.45) is 0 Å². The fraction of sp³-hybridized carbons (Fsp3) is 0. The second-order valence-electron chi connectivity index (χ2n) is 2.00. The number of H-pyrrole nitrogens is 1. The van der Waals surface area contributed by atoms with Crippen LogP contribution in [0.15, 0.2) is 42.7 Å². The van der Waals surface area contributed by atoms with Gasteiger partial charge in [-0.15, -0.1) is 5.10 Å². The number of aromatic amines is 1. The van der Waals surface area contributed by atoms with Crippen LogP contribution < -0.4 is 0 Å². The summed E-state index contributed by atoms with van der Waals surface area (Å²) in [6, 6.07) is 8.71. The molecule has 1 aromatic carbocycles. The van der Waals surface area contributed by atoms with Crippen LogP contribution >= 0.6 is 0 Å². The van der Waals surface area contributed by atoms with Gasteiger partial charge in [0.25, 0.3) is 0 Å². The number of nitrogens with zero attached hydrogens (tertiary/aromatic N) is 2. The van der Waals surface area contributed by atoms with Crippen molar-refractivity contribution in [3.05, 3.63) is 42.7 Å². The molecule has 0 amide bonds. The maximum atomic E-state index is 8.63. The zero-order chi connectivity index (χ0) is 8.65. The van der Waals surface area contributed by atoms with Crippen LogP contribution in [-0.2, 0) is 17.1 Å². The summed E-state index contributed by atoms with van der Waals surface area (Å²) in [5.74, 6) is 0.322. The van der Waals surface area contributed by atoms with E-state index in [2.05, 4.69) is 15.4 Å². The van der Waals surface area contributed by atoms with Crippen LogP contribution in [0.4, 0.5) is 0 Å². The first-order valence-electron chi connectivity index (χ1n) is 3.44. The third kappa shape index (κ3) is 5.90. The smallest absolute Gasteiger partial charge is 0.115 e. The zero-order valence-electron chi connectivity index (χ0n) is 6.68. The second kappa shape index (κ2) is 7.34. The maximum absolute atomic E-state index is 8.63. The Morgan fingerprint density at radius 1 is 1.15 bits per heavy atom. The van der Waals surface area contributed by atoms with E-state index in [0.29, 0.717) is 5.75 Å². The van der Waals surface area contributed by atoms with Gasteiger partial charge in [-0.3, -0.25) is 5.10 Å². The minimum Gasteiger partial charge on any atom is -0.508 e. The minimum atomic E-state index is 0. The largest absolute Gasteiger partial charge is 0.508 e. The molecule has 0 aliphatic rings. The van der Waals surface area contributed by atoms with Crippen molar-refractivity contribution in [2.75, 3.05) is 0 Å². The summed E-state index contributed by atoms with van der Waals surface area (Å²) in [6.45, 7) is 0. The van der Waals surface area contributed by atoms with E-state index in [1.165, 1.54) is 0 Å². The van der Waals surface area contributed by atoms with E-state index < -0.39 is 0 Å². The average Bonchev–Trinajstić information content (AvgIpc) is 2.62. The molecule has 0 fully saturated rings. The van der Waals surface area contributed by atoms with E-state index >= 15 is 0 Å². The number of rotatable bonds is 0. The molecule has 2 rings (SSSR count). The van der Waals surface area contributed by atoms with Crippen molar-refractivity contribution in [1.82, 2.24) is 15.4 Å². The fourth-order valence-corrected chi connectivity index (χ4v) is 0.595. The standard InChI is InChI=1S/C6H6O.C2H3N3.Cu/c7-6-4-2-1-3-5-6;1-2-4-5-3-1;/h1-5,7H;1-2H,(H,3,4,5);. The first-order valence-corrected chi connectivity index (χ1v) is 3.44.